The van der Waals surface area contributed by atoms with Crippen LogP contribution < -0.4 is 0 Å². The smallest absolute Gasteiger partial charge is 0.303 e. The van der Waals surface area contributed by atoms with Crippen LogP contribution in [-0.4, -0.2) is 16.1 Å². The number of benzene rings is 1. The Kier molecular flexibility index (Phi) is 4.17. The van der Waals surface area contributed by atoms with Crippen molar-refractivity contribution < 1.29 is 9.90 Å². The summed E-state index contributed by atoms with van der Waals surface area (Å²) < 4.78 is 0. The van der Waals surface area contributed by atoms with Gasteiger partial charge in [-0.15, -0.1) is 0 Å². The van der Waals surface area contributed by atoms with E-state index in [1.165, 1.54) is 0 Å². The second kappa shape index (κ2) is 5.85. The van der Waals surface area contributed by atoms with Gasteiger partial charge in [-0.2, -0.15) is 0 Å². The number of carbonyl (C=O) groups is 1. The average Bonchev–Trinajstić information content (AvgIpc) is 2.39. The number of aliphatic carboxylic acids is 1. The number of pyridine rings is 1. The highest BCUT2D eigenvalue weighted by Crippen LogP contribution is 2.31. The molecule has 1 aromatic carbocycles. The van der Waals surface area contributed by atoms with Crippen molar-refractivity contribution in [3.63, 3.8) is 0 Å². The molecule has 0 radical (unpaired) electrons. The molecule has 1 heterocycles. The lowest BCUT2D eigenvalue weighted by atomic mass is 9.94. The molecule has 0 aliphatic carbocycles. The van der Waals surface area contributed by atoms with Crippen LogP contribution in [0.15, 0.2) is 42.7 Å². The van der Waals surface area contributed by atoms with Crippen molar-refractivity contribution in [3.8, 4) is 11.1 Å². The molecule has 1 N–H and O–H groups in total. The van der Waals surface area contributed by atoms with Crippen molar-refractivity contribution in [3.05, 3.63) is 53.3 Å². The Labute approximate surface area is 116 Å². The molecule has 0 amide bonds. The van der Waals surface area contributed by atoms with Gasteiger partial charge in [-0.05, 0) is 41.3 Å². The van der Waals surface area contributed by atoms with Gasteiger partial charge in [-0.3, -0.25) is 9.78 Å². The van der Waals surface area contributed by atoms with Crippen LogP contribution >= 0.6 is 11.6 Å². The number of aromatic nitrogens is 1. The minimum atomic E-state index is -0.798. The third-order valence-corrected chi connectivity index (χ3v) is 3.36. The van der Waals surface area contributed by atoms with E-state index < -0.39 is 5.97 Å². The van der Waals surface area contributed by atoms with Gasteiger partial charge in [0.1, 0.15) is 0 Å². The van der Waals surface area contributed by atoms with E-state index in [4.69, 9.17) is 16.7 Å². The third kappa shape index (κ3) is 3.32. The van der Waals surface area contributed by atoms with Crippen LogP contribution in [0.1, 0.15) is 24.8 Å². The molecule has 0 aliphatic heterocycles. The van der Waals surface area contributed by atoms with Crippen LogP contribution in [-0.2, 0) is 4.79 Å². The van der Waals surface area contributed by atoms with Crippen molar-refractivity contribution in [2.24, 2.45) is 0 Å². The zero-order valence-corrected chi connectivity index (χ0v) is 11.3. The Morgan fingerprint density at radius 1 is 1.32 bits per heavy atom. The second-order valence-corrected chi connectivity index (χ2v) is 4.88. The minimum Gasteiger partial charge on any atom is -0.481 e. The van der Waals surface area contributed by atoms with Gasteiger partial charge in [0.05, 0.1) is 6.42 Å². The summed E-state index contributed by atoms with van der Waals surface area (Å²) >= 11 is 6.20. The lowest BCUT2D eigenvalue weighted by molar-refractivity contribution is -0.137. The standard InChI is InChI=1S/C15H14ClNO2/c1-10(8-15(18)19)12-2-3-14(16)13(9-12)11-4-6-17-7-5-11/h2-7,9-10H,8H2,1H3,(H,18,19). The molecule has 2 aromatic rings. The molecule has 0 bridgehead atoms. The summed E-state index contributed by atoms with van der Waals surface area (Å²) in [5, 5.41) is 9.50. The van der Waals surface area contributed by atoms with Gasteiger partial charge < -0.3 is 5.11 Å². The van der Waals surface area contributed by atoms with Gasteiger partial charge >= 0.3 is 5.97 Å². The highest BCUT2D eigenvalue weighted by Gasteiger charge is 2.12. The highest BCUT2D eigenvalue weighted by atomic mass is 35.5. The fourth-order valence-corrected chi connectivity index (χ4v) is 2.21. The number of hydrogen-bond acceptors (Lipinski definition) is 2. The van der Waals surface area contributed by atoms with E-state index in [1.807, 2.05) is 37.3 Å². The fourth-order valence-electron chi connectivity index (χ4n) is 1.98. The van der Waals surface area contributed by atoms with Crippen LogP contribution in [0.25, 0.3) is 11.1 Å². The van der Waals surface area contributed by atoms with Crippen molar-refractivity contribution in [2.75, 3.05) is 0 Å². The third-order valence-electron chi connectivity index (χ3n) is 3.03. The summed E-state index contributed by atoms with van der Waals surface area (Å²) in [6.07, 6.45) is 3.52. The van der Waals surface area contributed by atoms with E-state index in [2.05, 4.69) is 4.98 Å². The summed E-state index contributed by atoms with van der Waals surface area (Å²) in [5.74, 6) is -0.844. The first kappa shape index (κ1) is 13.6. The first-order valence-electron chi connectivity index (χ1n) is 5.99. The maximum Gasteiger partial charge on any atom is 0.303 e. The number of rotatable bonds is 4. The first-order valence-corrected chi connectivity index (χ1v) is 6.37. The number of carboxylic acid groups (broad SMARTS) is 1. The molecule has 2 rings (SSSR count). The number of halogens is 1. The fraction of sp³-hybridized carbons (Fsp3) is 0.200. The predicted octanol–water partition coefficient (Wildman–Crippen LogP) is 3.98. The number of carboxylic acids is 1. The second-order valence-electron chi connectivity index (χ2n) is 4.47. The molecular weight excluding hydrogens is 262 g/mol. The zero-order valence-electron chi connectivity index (χ0n) is 10.5. The van der Waals surface area contributed by atoms with Gasteiger partial charge in [-0.1, -0.05) is 24.6 Å². The summed E-state index contributed by atoms with van der Waals surface area (Å²) in [4.78, 5) is 14.7. The minimum absolute atomic E-state index is 0.0460. The monoisotopic (exact) mass is 275 g/mol. The number of hydrogen-bond donors (Lipinski definition) is 1. The van der Waals surface area contributed by atoms with Crippen molar-refractivity contribution in [1.29, 1.82) is 0 Å². The van der Waals surface area contributed by atoms with Gasteiger partial charge in [0.2, 0.25) is 0 Å². The molecular formula is C15H14ClNO2. The zero-order chi connectivity index (χ0) is 13.8. The topological polar surface area (TPSA) is 50.2 Å². The molecule has 0 saturated carbocycles. The number of nitrogens with zero attached hydrogens (tertiary/aromatic N) is 1. The maximum absolute atomic E-state index is 10.8. The highest BCUT2D eigenvalue weighted by molar-refractivity contribution is 6.33. The largest absolute Gasteiger partial charge is 0.481 e. The molecule has 0 fully saturated rings. The summed E-state index contributed by atoms with van der Waals surface area (Å²) in [7, 11) is 0. The van der Waals surface area contributed by atoms with Crippen LogP contribution in [0.4, 0.5) is 0 Å². The summed E-state index contributed by atoms with van der Waals surface area (Å²) in [6, 6.07) is 9.40. The summed E-state index contributed by atoms with van der Waals surface area (Å²) in [5.41, 5.74) is 2.85. The van der Waals surface area contributed by atoms with Crippen LogP contribution in [0, 0.1) is 0 Å². The Hall–Kier alpha value is -1.87. The van der Waals surface area contributed by atoms with Crippen molar-refractivity contribution in [2.45, 2.75) is 19.3 Å². The predicted molar refractivity (Wildman–Crippen MR) is 75.4 cm³/mol. The van der Waals surface area contributed by atoms with Crippen LogP contribution in [0.3, 0.4) is 0 Å². The van der Waals surface area contributed by atoms with Crippen molar-refractivity contribution in [1.82, 2.24) is 4.98 Å². The van der Waals surface area contributed by atoms with Crippen molar-refractivity contribution >= 4 is 17.6 Å². The van der Waals surface area contributed by atoms with Crippen LogP contribution in [0.5, 0.6) is 0 Å². The molecule has 98 valence electrons. The van der Waals surface area contributed by atoms with Gasteiger partial charge in [0, 0.05) is 23.0 Å². The van der Waals surface area contributed by atoms with E-state index in [-0.39, 0.29) is 12.3 Å². The first-order chi connectivity index (χ1) is 9.08. The molecule has 1 unspecified atom stereocenters. The Bertz CT molecular complexity index is 584. The molecule has 19 heavy (non-hydrogen) atoms. The van der Waals surface area contributed by atoms with E-state index in [1.54, 1.807) is 12.4 Å². The van der Waals surface area contributed by atoms with Gasteiger partial charge in [-0.25, -0.2) is 0 Å². The maximum atomic E-state index is 10.8. The molecule has 0 aliphatic rings. The Morgan fingerprint density at radius 3 is 2.63 bits per heavy atom. The van der Waals surface area contributed by atoms with Gasteiger partial charge in [0.15, 0.2) is 0 Å². The van der Waals surface area contributed by atoms with E-state index in [0.29, 0.717) is 5.02 Å². The lowest BCUT2D eigenvalue weighted by Gasteiger charge is -2.12. The molecule has 4 heteroatoms. The quantitative estimate of drug-likeness (QED) is 0.918. The molecule has 1 aromatic heterocycles. The van der Waals surface area contributed by atoms with E-state index >= 15 is 0 Å². The normalized spacial score (nSPS) is 12.1. The molecule has 1 atom stereocenters. The molecule has 3 nitrogen and oxygen atoms in total. The van der Waals surface area contributed by atoms with Crippen LogP contribution in [0.2, 0.25) is 5.02 Å². The van der Waals surface area contributed by atoms with Gasteiger partial charge in [0.25, 0.3) is 0 Å². The average molecular weight is 276 g/mol. The molecule has 0 spiro atoms. The van der Waals surface area contributed by atoms with E-state index in [9.17, 15) is 4.79 Å². The van der Waals surface area contributed by atoms with E-state index in [0.717, 1.165) is 16.7 Å². The Balaban J connectivity index is 2.38. The Morgan fingerprint density at radius 2 is 2.00 bits per heavy atom. The molecule has 0 saturated heterocycles. The summed E-state index contributed by atoms with van der Waals surface area (Å²) in [6.45, 7) is 1.90. The lowest BCUT2D eigenvalue weighted by Crippen LogP contribution is -2.03. The SMILES string of the molecule is CC(CC(=O)O)c1ccc(Cl)c(-c2ccncc2)c1.